The van der Waals surface area contributed by atoms with Gasteiger partial charge in [0.2, 0.25) is 15.9 Å². The molecule has 2 aromatic rings. The van der Waals surface area contributed by atoms with E-state index in [4.69, 9.17) is 4.74 Å². The smallest absolute Gasteiger partial charge is 0.244 e. The van der Waals surface area contributed by atoms with E-state index in [0.29, 0.717) is 18.7 Å². The highest BCUT2D eigenvalue weighted by molar-refractivity contribution is 7.92. The molecule has 8 heteroatoms. The number of ether oxygens (including phenoxy) is 1. The molecular weight excluding hydrogens is 402 g/mol. The molecule has 1 amide bonds. The maximum Gasteiger partial charge on any atom is 0.244 e. The first-order chi connectivity index (χ1) is 14.4. The molecule has 1 N–H and O–H groups in total. The number of sulfonamides is 1. The predicted octanol–water partition coefficient (Wildman–Crippen LogP) is 2.38. The molecule has 1 atom stereocenters. The number of anilines is 2. The highest BCUT2D eigenvalue weighted by Crippen LogP contribution is 2.22. The number of carbonyl (C=O) groups excluding carboxylic acids is 1. The molecule has 2 aromatic carbocycles. The highest BCUT2D eigenvalue weighted by atomic mass is 32.2. The van der Waals surface area contributed by atoms with Crippen LogP contribution in [0.4, 0.5) is 11.4 Å². The number of rotatable bonds is 8. The van der Waals surface area contributed by atoms with E-state index < -0.39 is 16.1 Å². The summed E-state index contributed by atoms with van der Waals surface area (Å²) in [5.41, 5.74) is 2.57. The van der Waals surface area contributed by atoms with E-state index in [-0.39, 0.29) is 5.91 Å². The third kappa shape index (κ3) is 5.52. The van der Waals surface area contributed by atoms with Crippen LogP contribution in [0.15, 0.2) is 54.6 Å². The molecular formula is C22H29N3O4S. The summed E-state index contributed by atoms with van der Waals surface area (Å²) < 4.78 is 31.4. The van der Waals surface area contributed by atoms with E-state index in [0.717, 1.165) is 43.8 Å². The van der Waals surface area contributed by atoms with Crippen molar-refractivity contribution in [1.29, 1.82) is 0 Å². The Morgan fingerprint density at radius 3 is 2.30 bits per heavy atom. The maximum atomic E-state index is 12.9. The summed E-state index contributed by atoms with van der Waals surface area (Å²) in [6, 6.07) is 16.0. The molecule has 0 aliphatic carbocycles. The van der Waals surface area contributed by atoms with Gasteiger partial charge < -0.3 is 15.0 Å². The van der Waals surface area contributed by atoms with Crippen molar-refractivity contribution in [2.75, 3.05) is 41.8 Å². The zero-order chi connectivity index (χ0) is 21.6. The molecule has 7 nitrogen and oxygen atoms in total. The summed E-state index contributed by atoms with van der Waals surface area (Å²) in [6.45, 7) is 5.35. The van der Waals surface area contributed by atoms with Crippen molar-refractivity contribution in [2.45, 2.75) is 25.9 Å². The van der Waals surface area contributed by atoms with Crippen molar-refractivity contribution in [3.05, 3.63) is 60.2 Å². The Morgan fingerprint density at radius 1 is 1.10 bits per heavy atom. The molecule has 0 radical (unpaired) electrons. The molecule has 1 fully saturated rings. The number of hydrogen-bond acceptors (Lipinski definition) is 5. The molecule has 1 saturated heterocycles. The monoisotopic (exact) mass is 431 g/mol. The number of carbonyl (C=O) groups is 1. The van der Waals surface area contributed by atoms with Crippen LogP contribution >= 0.6 is 0 Å². The summed E-state index contributed by atoms with van der Waals surface area (Å²) in [7, 11) is -3.62. The lowest BCUT2D eigenvalue weighted by atomic mass is 10.1. The van der Waals surface area contributed by atoms with E-state index in [1.54, 1.807) is 24.3 Å². The Hall–Kier alpha value is -2.58. The van der Waals surface area contributed by atoms with Crippen molar-refractivity contribution in [3.63, 3.8) is 0 Å². The first-order valence-corrected chi connectivity index (χ1v) is 12.0. The Morgan fingerprint density at radius 2 is 1.73 bits per heavy atom. The van der Waals surface area contributed by atoms with Gasteiger partial charge in [-0.3, -0.25) is 9.10 Å². The second kappa shape index (κ2) is 9.95. The van der Waals surface area contributed by atoms with Gasteiger partial charge in [0.1, 0.15) is 6.04 Å². The van der Waals surface area contributed by atoms with Gasteiger partial charge >= 0.3 is 0 Å². The summed E-state index contributed by atoms with van der Waals surface area (Å²) in [6.07, 6.45) is 1.49. The fourth-order valence-electron chi connectivity index (χ4n) is 3.59. The second-order valence-corrected chi connectivity index (χ2v) is 9.16. The van der Waals surface area contributed by atoms with Crippen molar-refractivity contribution in [2.24, 2.45) is 0 Å². The lowest BCUT2D eigenvalue weighted by Crippen LogP contribution is -2.49. The highest BCUT2D eigenvalue weighted by Gasteiger charge is 2.31. The van der Waals surface area contributed by atoms with Crippen LogP contribution in [0.25, 0.3) is 0 Å². The number of amides is 1. The molecule has 0 bridgehead atoms. The fraction of sp³-hybridized carbons (Fsp3) is 0.409. The van der Waals surface area contributed by atoms with Gasteiger partial charge in [0.25, 0.3) is 0 Å². The van der Waals surface area contributed by atoms with Crippen LogP contribution in [0.3, 0.4) is 0 Å². The van der Waals surface area contributed by atoms with E-state index in [2.05, 4.69) is 10.2 Å². The van der Waals surface area contributed by atoms with Crippen molar-refractivity contribution < 1.29 is 17.9 Å². The number of para-hydroxylation sites is 1. The van der Waals surface area contributed by atoms with Gasteiger partial charge in [0.05, 0.1) is 25.2 Å². The van der Waals surface area contributed by atoms with Crippen LogP contribution in [0.2, 0.25) is 0 Å². The number of nitrogens with zero attached hydrogens (tertiary/aromatic N) is 2. The van der Waals surface area contributed by atoms with Crippen LogP contribution in [0, 0.1) is 0 Å². The van der Waals surface area contributed by atoms with E-state index in [1.165, 1.54) is 4.31 Å². The molecule has 1 aliphatic heterocycles. The molecule has 1 aliphatic rings. The van der Waals surface area contributed by atoms with E-state index in [9.17, 15) is 13.2 Å². The summed E-state index contributed by atoms with van der Waals surface area (Å²) in [4.78, 5) is 15.2. The number of nitrogens with one attached hydrogen (secondary N) is 1. The number of benzene rings is 2. The van der Waals surface area contributed by atoms with Gasteiger partial charge in [0, 0.05) is 25.3 Å². The van der Waals surface area contributed by atoms with Crippen LogP contribution in [-0.2, 0) is 26.1 Å². The Bertz CT molecular complexity index is 927. The van der Waals surface area contributed by atoms with Gasteiger partial charge in [0.15, 0.2) is 0 Å². The van der Waals surface area contributed by atoms with Crippen LogP contribution in [-0.4, -0.2) is 52.9 Å². The number of morpholine rings is 1. The number of hydrogen-bond donors (Lipinski definition) is 1. The quantitative estimate of drug-likeness (QED) is 0.694. The zero-order valence-electron chi connectivity index (χ0n) is 17.5. The molecule has 0 saturated carbocycles. The van der Waals surface area contributed by atoms with Crippen LogP contribution in [0.1, 0.15) is 18.9 Å². The standard InChI is InChI=1S/C22H29N3O4S/c1-3-21(25(30(2,27)28)20-7-5-4-6-8-20)22(26)23-17-18-9-11-19(12-10-18)24-13-15-29-16-14-24/h4-12,21H,3,13-17H2,1-2H3,(H,23,26)/t21-/m0/s1. The van der Waals surface area contributed by atoms with E-state index >= 15 is 0 Å². The normalized spacial score (nSPS) is 15.5. The SMILES string of the molecule is CC[C@@H](C(=O)NCc1ccc(N2CCOCC2)cc1)N(c1ccccc1)S(C)(=O)=O. The minimum atomic E-state index is -3.62. The minimum absolute atomic E-state index is 0.316. The molecule has 0 spiro atoms. The molecule has 1 heterocycles. The Balaban J connectivity index is 1.67. The van der Waals surface area contributed by atoms with E-state index in [1.807, 2.05) is 37.3 Å². The largest absolute Gasteiger partial charge is 0.378 e. The summed E-state index contributed by atoms with van der Waals surface area (Å²) in [5, 5.41) is 2.89. The third-order valence-electron chi connectivity index (χ3n) is 5.12. The molecule has 30 heavy (non-hydrogen) atoms. The van der Waals surface area contributed by atoms with Gasteiger partial charge in [-0.05, 0) is 36.2 Å². The minimum Gasteiger partial charge on any atom is -0.378 e. The fourth-order valence-corrected chi connectivity index (χ4v) is 4.80. The topological polar surface area (TPSA) is 79.0 Å². The van der Waals surface area contributed by atoms with Crippen LogP contribution < -0.4 is 14.5 Å². The summed E-state index contributed by atoms with van der Waals surface area (Å²) >= 11 is 0. The molecule has 3 rings (SSSR count). The third-order valence-corrected chi connectivity index (χ3v) is 6.30. The zero-order valence-corrected chi connectivity index (χ0v) is 18.3. The molecule has 0 unspecified atom stereocenters. The molecule has 162 valence electrons. The van der Waals surface area contributed by atoms with Gasteiger partial charge in [-0.2, -0.15) is 0 Å². The maximum absolute atomic E-state index is 12.9. The van der Waals surface area contributed by atoms with Gasteiger partial charge in [-0.1, -0.05) is 37.3 Å². The van der Waals surface area contributed by atoms with Gasteiger partial charge in [-0.15, -0.1) is 0 Å². The molecule has 0 aromatic heterocycles. The van der Waals surface area contributed by atoms with Crippen molar-refractivity contribution in [3.8, 4) is 0 Å². The second-order valence-electron chi connectivity index (χ2n) is 7.30. The summed E-state index contributed by atoms with van der Waals surface area (Å²) in [5.74, 6) is -0.316. The van der Waals surface area contributed by atoms with Crippen molar-refractivity contribution >= 4 is 27.3 Å². The Kier molecular flexibility index (Phi) is 7.33. The average Bonchev–Trinajstić information content (AvgIpc) is 2.76. The van der Waals surface area contributed by atoms with Gasteiger partial charge in [-0.25, -0.2) is 8.42 Å². The average molecular weight is 432 g/mol. The Labute approximate surface area is 178 Å². The predicted molar refractivity (Wildman–Crippen MR) is 119 cm³/mol. The first-order valence-electron chi connectivity index (χ1n) is 10.1. The lowest BCUT2D eigenvalue weighted by Gasteiger charge is -2.30. The lowest BCUT2D eigenvalue weighted by molar-refractivity contribution is -0.122. The van der Waals surface area contributed by atoms with Crippen molar-refractivity contribution in [1.82, 2.24) is 5.32 Å². The first kappa shape index (κ1) is 22.1. The van der Waals surface area contributed by atoms with Crippen LogP contribution in [0.5, 0.6) is 0 Å².